The van der Waals surface area contributed by atoms with E-state index in [4.69, 9.17) is 9.97 Å². The van der Waals surface area contributed by atoms with E-state index in [1.807, 2.05) is 18.3 Å². The van der Waals surface area contributed by atoms with Gasteiger partial charge in [0.25, 0.3) is 0 Å². The number of fused-ring (bicyclic) bond motifs is 1. The first-order valence-corrected chi connectivity index (χ1v) is 12.1. The van der Waals surface area contributed by atoms with Gasteiger partial charge in [-0.3, -0.25) is 9.88 Å². The number of carbonyl (C=O) groups is 1. The molecule has 0 unspecified atom stereocenters. The number of aromatic nitrogens is 4. The van der Waals surface area contributed by atoms with Gasteiger partial charge < -0.3 is 25.3 Å². The molecule has 6 rings (SSSR count). The van der Waals surface area contributed by atoms with Gasteiger partial charge in [0.15, 0.2) is 0 Å². The van der Waals surface area contributed by atoms with Crippen molar-refractivity contribution < 1.29 is 4.79 Å². The van der Waals surface area contributed by atoms with Crippen LogP contribution < -0.4 is 15.5 Å². The number of pyridine rings is 1. The van der Waals surface area contributed by atoms with Gasteiger partial charge >= 0.3 is 0 Å². The van der Waals surface area contributed by atoms with Gasteiger partial charge in [0.1, 0.15) is 17.8 Å². The first-order chi connectivity index (χ1) is 17.3. The molecular weight excluding hydrogens is 440 g/mol. The number of piperazine rings is 1. The van der Waals surface area contributed by atoms with Gasteiger partial charge in [-0.1, -0.05) is 0 Å². The van der Waals surface area contributed by atoms with Crippen molar-refractivity contribution in [2.45, 2.75) is 18.9 Å². The first kappa shape index (κ1) is 21.5. The topological polar surface area (TPSA) is 102 Å². The minimum atomic E-state index is 0.465. The van der Waals surface area contributed by atoms with Crippen molar-refractivity contribution in [2.24, 2.45) is 0 Å². The molecule has 1 aliphatic heterocycles. The molecule has 178 valence electrons. The highest BCUT2D eigenvalue weighted by atomic mass is 16.1. The molecule has 3 aromatic heterocycles. The Morgan fingerprint density at radius 3 is 2.49 bits per heavy atom. The number of rotatable bonds is 8. The summed E-state index contributed by atoms with van der Waals surface area (Å²) in [7, 11) is 0. The Hall–Kier alpha value is -3.98. The molecule has 9 nitrogen and oxygen atoms in total. The minimum absolute atomic E-state index is 0.465. The van der Waals surface area contributed by atoms with Crippen LogP contribution in [0.15, 0.2) is 55.0 Å². The van der Waals surface area contributed by atoms with Crippen molar-refractivity contribution in [3.05, 3.63) is 55.0 Å². The summed E-state index contributed by atoms with van der Waals surface area (Å²) in [4.78, 5) is 32.4. The molecule has 35 heavy (non-hydrogen) atoms. The zero-order valence-electron chi connectivity index (χ0n) is 19.4. The molecule has 0 spiro atoms. The van der Waals surface area contributed by atoms with E-state index in [2.05, 4.69) is 54.7 Å². The second-order valence-corrected chi connectivity index (χ2v) is 9.10. The quantitative estimate of drug-likeness (QED) is 0.337. The Bertz CT molecular complexity index is 1310. The van der Waals surface area contributed by atoms with E-state index in [1.54, 1.807) is 12.4 Å². The maximum absolute atomic E-state index is 10.7. The van der Waals surface area contributed by atoms with E-state index >= 15 is 0 Å². The van der Waals surface area contributed by atoms with E-state index in [0.29, 0.717) is 18.5 Å². The lowest BCUT2D eigenvalue weighted by Gasteiger charge is -2.35. The van der Waals surface area contributed by atoms with Crippen molar-refractivity contribution in [1.29, 1.82) is 0 Å². The van der Waals surface area contributed by atoms with Gasteiger partial charge in [-0.2, -0.15) is 9.97 Å². The Morgan fingerprint density at radius 2 is 1.77 bits per heavy atom. The monoisotopic (exact) mass is 468 g/mol. The van der Waals surface area contributed by atoms with E-state index < -0.39 is 0 Å². The molecule has 4 aromatic rings. The largest absolute Gasteiger partial charge is 0.369 e. The van der Waals surface area contributed by atoms with Crippen LogP contribution in [-0.2, 0) is 4.79 Å². The number of aromatic amines is 1. The predicted octanol–water partition coefficient (Wildman–Crippen LogP) is 3.66. The average Bonchev–Trinajstić information content (AvgIpc) is 3.61. The van der Waals surface area contributed by atoms with E-state index in [1.165, 1.54) is 5.69 Å². The lowest BCUT2D eigenvalue weighted by molar-refractivity contribution is -0.108. The molecule has 2 aliphatic rings. The third kappa shape index (κ3) is 4.67. The Labute approximate surface area is 203 Å². The van der Waals surface area contributed by atoms with Crippen LogP contribution in [-0.4, -0.2) is 69.9 Å². The molecular formula is C26H28N8O. The summed E-state index contributed by atoms with van der Waals surface area (Å²) in [5.41, 5.74) is 5.06. The van der Waals surface area contributed by atoms with Crippen LogP contribution in [0.5, 0.6) is 0 Å². The summed E-state index contributed by atoms with van der Waals surface area (Å²) in [6.45, 7) is 4.16. The molecule has 0 bridgehead atoms. The summed E-state index contributed by atoms with van der Waals surface area (Å²) in [5.74, 6) is 1.40. The molecule has 2 fully saturated rings. The number of hydrogen-bond acceptors (Lipinski definition) is 8. The number of H-pyrrole nitrogens is 1. The number of nitrogens with zero attached hydrogens (tertiary/aromatic N) is 5. The van der Waals surface area contributed by atoms with Gasteiger partial charge in [-0.15, -0.1) is 0 Å². The Kier molecular flexibility index (Phi) is 5.75. The van der Waals surface area contributed by atoms with Gasteiger partial charge in [-0.25, -0.2) is 0 Å². The summed E-state index contributed by atoms with van der Waals surface area (Å²) in [5, 5.41) is 7.96. The predicted molar refractivity (Wildman–Crippen MR) is 138 cm³/mol. The number of carbonyl (C=O) groups excluding carboxylic acids is 1. The van der Waals surface area contributed by atoms with Gasteiger partial charge in [-0.05, 0) is 54.8 Å². The van der Waals surface area contributed by atoms with Crippen molar-refractivity contribution in [1.82, 2.24) is 24.8 Å². The maximum Gasteiger partial charge on any atom is 0.231 e. The number of anilines is 4. The van der Waals surface area contributed by atoms with Crippen LogP contribution in [0.2, 0.25) is 0 Å². The van der Waals surface area contributed by atoms with Crippen LogP contribution >= 0.6 is 0 Å². The minimum Gasteiger partial charge on any atom is -0.369 e. The number of benzene rings is 1. The molecule has 4 heterocycles. The summed E-state index contributed by atoms with van der Waals surface area (Å²) in [6, 6.07) is 12.8. The van der Waals surface area contributed by atoms with Crippen molar-refractivity contribution in [3.8, 4) is 11.1 Å². The van der Waals surface area contributed by atoms with E-state index in [0.717, 1.165) is 79.0 Å². The third-order valence-corrected chi connectivity index (χ3v) is 6.63. The number of nitrogens with one attached hydrogen (secondary N) is 3. The van der Waals surface area contributed by atoms with Crippen molar-refractivity contribution in [2.75, 3.05) is 48.3 Å². The summed E-state index contributed by atoms with van der Waals surface area (Å²) >= 11 is 0. The highest BCUT2D eigenvalue weighted by molar-refractivity contribution is 6.01. The Morgan fingerprint density at radius 1 is 1.00 bits per heavy atom. The van der Waals surface area contributed by atoms with Crippen LogP contribution in [0.3, 0.4) is 0 Å². The van der Waals surface area contributed by atoms with Crippen molar-refractivity contribution >= 4 is 40.5 Å². The lowest BCUT2D eigenvalue weighted by atomic mass is 10.1. The molecule has 0 radical (unpaired) electrons. The van der Waals surface area contributed by atoms with Gasteiger partial charge in [0, 0.05) is 67.7 Å². The van der Waals surface area contributed by atoms with Gasteiger partial charge in [0.05, 0.1) is 11.9 Å². The normalized spacial score (nSPS) is 16.4. The number of hydrogen-bond donors (Lipinski definition) is 3. The smallest absolute Gasteiger partial charge is 0.231 e. The summed E-state index contributed by atoms with van der Waals surface area (Å²) in [6.07, 6.45) is 8.89. The van der Waals surface area contributed by atoms with Crippen LogP contribution in [0.1, 0.15) is 12.8 Å². The third-order valence-electron chi connectivity index (χ3n) is 6.63. The standard InChI is InChI=1S/C26H28N8O/c35-16-15-33-11-13-34(14-12-33)21-5-3-20(4-6-21)30-26-31-24-23(25(32-26)29-19-1-2-19)22(17-28-24)18-7-9-27-10-8-18/h3-10,16-17,19H,1-2,11-15H2,(H3,28,29,30,31,32). The molecule has 9 heteroatoms. The zero-order valence-corrected chi connectivity index (χ0v) is 19.4. The second kappa shape index (κ2) is 9.34. The molecule has 1 saturated heterocycles. The highest BCUT2D eigenvalue weighted by Gasteiger charge is 2.24. The average molecular weight is 469 g/mol. The van der Waals surface area contributed by atoms with Crippen molar-refractivity contribution in [3.63, 3.8) is 0 Å². The fourth-order valence-electron chi connectivity index (χ4n) is 4.55. The molecule has 0 atom stereocenters. The second-order valence-electron chi connectivity index (χ2n) is 9.10. The Balaban J connectivity index is 1.23. The first-order valence-electron chi connectivity index (χ1n) is 12.1. The van der Waals surface area contributed by atoms with Crippen LogP contribution in [0, 0.1) is 0 Å². The van der Waals surface area contributed by atoms with Crippen LogP contribution in [0.25, 0.3) is 22.2 Å². The zero-order chi connectivity index (χ0) is 23.6. The highest BCUT2D eigenvalue weighted by Crippen LogP contribution is 2.35. The van der Waals surface area contributed by atoms with Gasteiger partial charge in [0.2, 0.25) is 5.95 Å². The molecule has 1 aliphatic carbocycles. The summed E-state index contributed by atoms with van der Waals surface area (Å²) < 4.78 is 0. The van der Waals surface area contributed by atoms with E-state index in [-0.39, 0.29) is 0 Å². The van der Waals surface area contributed by atoms with Crippen LogP contribution in [0.4, 0.5) is 23.1 Å². The maximum atomic E-state index is 10.7. The SMILES string of the molecule is O=CCN1CCN(c2ccc(Nc3nc(NC4CC4)c4c(-c5ccncc5)c[nH]c4n3)cc2)CC1. The molecule has 3 N–H and O–H groups in total. The fourth-order valence-corrected chi connectivity index (χ4v) is 4.55. The fraction of sp³-hybridized carbons (Fsp3) is 0.308. The number of aldehydes is 1. The molecule has 0 amide bonds. The molecule has 1 saturated carbocycles. The molecule has 1 aromatic carbocycles. The lowest BCUT2D eigenvalue weighted by Crippen LogP contribution is -2.46. The van der Waals surface area contributed by atoms with E-state index in [9.17, 15) is 4.79 Å².